The highest BCUT2D eigenvalue weighted by atomic mass is 35.5. The lowest BCUT2D eigenvalue weighted by Crippen LogP contribution is -2.14. The minimum absolute atomic E-state index is 0. The highest BCUT2D eigenvalue weighted by molar-refractivity contribution is 6.05. The topological polar surface area (TPSA) is 84.2 Å². The first kappa shape index (κ1) is 22.6. The summed E-state index contributed by atoms with van der Waals surface area (Å²) in [5, 5.41) is 5.43. The van der Waals surface area contributed by atoms with Crippen molar-refractivity contribution in [3.63, 3.8) is 0 Å². The van der Waals surface area contributed by atoms with Gasteiger partial charge < -0.3 is 16.4 Å². The van der Waals surface area contributed by atoms with Gasteiger partial charge in [-0.1, -0.05) is 25.0 Å². The number of hydrogen-bond donors (Lipinski definition) is 3. The van der Waals surface area contributed by atoms with Gasteiger partial charge in [0.25, 0.3) is 5.91 Å². The molecular weight excluding hydrogens is 369 g/mol. The molecule has 5 nitrogen and oxygen atoms in total. The molecule has 0 aliphatic rings. The van der Waals surface area contributed by atoms with E-state index < -0.39 is 5.82 Å². The Labute approximate surface area is 164 Å². The molecule has 0 aliphatic heterocycles. The van der Waals surface area contributed by atoms with Crippen LogP contribution < -0.4 is 16.4 Å². The van der Waals surface area contributed by atoms with E-state index in [1.807, 2.05) is 0 Å². The normalized spacial score (nSPS) is 10.0. The van der Waals surface area contributed by atoms with Crippen LogP contribution in [0, 0.1) is 5.82 Å². The molecule has 2 rings (SSSR count). The number of halogens is 2. The van der Waals surface area contributed by atoms with Crippen LogP contribution in [0.5, 0.6) is 0 Å². The first-order valence-electron chi connectivity index (χ1n) is 8.75. The second kappa shape index (κ2) is 12.0. The fourth-order valence-corrected chi connectivity index (χ4v) is 2.51. The Morgan fingerprint density at radius 2 is 1.56 bits per heavy atom. The third-order valence-corrected chi connectivity index (χ3v) is 3.85. The van der Waals surface area contributed by atoms with E-state index in [1.165, 1.54) is 18.2 Å². The summed E-state index contributed by atoms with van der Waals surface area (Å²) >= 11 is 0. The quantitative estimate of drug-likeness (QED) is 0.554. The van der Waals surface area contributed by atoms with Crippen molar-refractivity contribution in [1.82, 2.24) is 0 Å². The van der Waals surface area contributed by atoms with Crippen LogP contribution in [0.1, 0.15) is 42.5 Å². The van der Waals surface area contributed by atoms with Gasteiger partial charge in [-0.3, -0.25) is 9.59 Å². The Bertz CT molecular complexity index is 756. The van der Waals surface area contributed by atoms with Crippen molar-refractivity contribution < 1.29 is 14.0 Å². The first-order valence-corrected chi connectivity index (χ1v) is 8.75. The maximum absolute atomic E-state index is 13.2. The van der Waals surface area contributed by atoms with Crippen LogP contribution in [0.4, 0.5) is 15.8 Å². The highest BCUT2D eigenvalue weighted by Gasteiger charge is 2.09. The highest BCUT2D eigenvalue weighted by Crippen LogP contribution is 2.15. The fourth-order valence-electron chi connectivity index (χ4n) is 2.51. The van der Waals surface area contributed by atoms with Crippen LogP contribution in [0.2, 0.25) is 0 Å². The number of rotatable bonds is 9. The molecule has 0 bridgehead atoms. The Balaban J connectivity index is 0.00000364. The molecule has 146 valence electrons. The number of hydrogen-bond acceptors (Lipinski definition) is 3. The molecule has 7 heteroatoms. The van der Waals surface area contributed by atoms with E-state index in [-0.39, 0.29) is 24.2 Å². The monoisotopic (exact) mass is 393 g/mol. The van der Waals surface area contributed by atoms with Crippen molar-refractivity contribution in [2.75, 3.05) is 17.2 Å². The molecule has 0 fully saturated rings. The van der Waals surface area contributed by atoms with Gasteiger partial charge in [-0.15, -0.1) is 12.4 Å². The summed E-state index contributed by atoms with van der Waals surface area (Å²) in [4.78, 5) is 24.3. The van der Waals surface area contributed by atoms with Crippen molar-refractivity contribution in [3.05, 3.63) is 59.9 Å². The minimum Gasteiger partial charge on any atom is -0.330 e. The van der Waals surface area contributed by atoms with Crippen molar-refractivity contribution in [2.24, 2.45) is 5.73 Å². The van der Waals surface area contributed by atoms with E-state index >= 15 is 0 Å². The Hall–Kier alpha value is -2.44. The molecular formula is C20H25ClFN3O2. The molecule has 0 unspecified atom stereocenters. The summed E-state index contributed by atoms with van der Waals surface area (Å²) in [6, 6.07) is 12.3. The maximum Gasteiger partial charge on any atom is 0.255 e. The third kappa shape index (κ3) is 8.19. The second-order valence-corrected chi connectivity index (χ2v) is 6.05. The lowest BCUT2D eigenvalue weighted by molar-refractivity contribution is -0.116. The predicted octanol–water partition coefficient (Wildman–Crippen LogP) is 4.35. The summed E-state index contributed by atoms with van der Waals surface area (Å²) in [5.41, 5.74) is 6.76. The average Bonchev–Trinajstić information content (AvgIpc) is 2.62. The second-order valence-electron chi connectivity index (χ2n) is 6.05. The molecule has 0 aromatic heterocycles. The number of nitrogens with one attached hydrogen (secondary N) is 2. The summed E-state index contributed by atoms with van der Waals surface area (Å²) in [5.74, 6) is -0.871. The smallest absolute Gasteiger partial charge is 0.255 e. The van der Waals surface area contributed by atoms with Crippen LogP contribution >= 0.6 is 12.4 Å². The van der Waals surface area contributed by atoms with Crippen LogP contribution in [0.3, 0.4) is 0 Å². The summed E-state index contributed by atoms with van der Waals surface area (Å²) < 4.78 is 13.2. The van der Waals surface area contributed by atoms with Gasteiger partial charge in [0.1, 0.15) is 5.82 Å². The van der Waals surface area contributed by atoms with E-state index in [0.717, 1.165) is 25.7 Å². The molecule has 2 amide bonds. The van der Waals surface area contributed by atoms with E-state index in [1.54, 1.807) is 30.3 Å². The Kier molecular flexibility index (Phi) is 10.1. The standard InChI is InChI=1S/C20H24FN3O2.ClH/c21-16-8-6-10-18(14-16)24-20(26)15-7-5-9-17(13-15)23-19(25)11-3-1-2-4-12-22;/h5-10,13-14H,1-4,11-12,22H2,(H,23,25)(H,24,26);1H. The van der Waals surface area contributed by atoms with Gasteiger partial charge in [-0.25, -0.2) is 4.39 Å². The van der Waals surface area contributed by atoms with Gasteiger partial charge >= 0.3 is 0 Å². The fraction of sp³-hybridized carbons (Fsp3) is 0.300. The molecule has 0 saturated carbocycles. The average molecular weight is 394 g/mol. The predicted molar refractivity (Wildman–Crippen MR) is 109 cm³/mol. The third-order valence-electron chi connectivity index (χ3n) is 3.85. The van der Waals surface area contributed by atoms with Crippen molar-refractivity contribution in [1.29, 1.82) is 0 Å². The number of amides is 2. The molecule has 0 heterocycles. The van der Waals surface area contributed by atoms with Gasteiger partial charge in [0, 0.05) is 23.4 Å². The van der Waals surface area contributed by atoms with Crippen LogP contribution in [0.25, 0.3) is 0 Å². The molecule has 2 aromatic carbocycles. The number of carbonyl (C=O) groups is 2. The van der Waals surface area contributed by atoms with Crippen molar-refractivity contribution in [2.45, 2.75) is 32.1 Å². The zero-order chi connectivity index (χ0) is 18.8. The first-order chi connectivity index (χ1) is 12.6. The SMILES string of the molecule is Cl.NCCCCCCC(=O)Nc1cccc(C(=O)Nc2cccc(F)c2)c1. The van der Waals surface area contributed by atoms with Crippen LogP contribution in [-0.4, -0.2) is 18.4 Å². The summed E-state index contributed by atoms with van der Waals surface area (Å²) in [6.07, 6.45) is 4.22. The number of anilines is 2. The zero-order valence-electron chi connectivity index (χ0n) is 15.0. The van der Waals surface area contributed by atoms with Gasteiger partial charge in [0.05, 0.1) is 0 Å². The Morgan fingerprint density at radius 3 is 2.26 bits per heavy atom. The molecule has 4 N–H and O–H groups in total. The largest absolute Gasteiger partial charge is 0.330 e. The van der Waals surface area contributed by atoms with Crippen molar-refractivity contribution in [3.8, 4) is 0 Å². The number of nitrogens with two attached hydrogens (primary N) is 1. The van der Waals surface area contributed by atoms with Gasteiger partial charge in [-0.05, 0) is 55.8 Å². The van der Waals surface area contributed by atoms with Crippen LogP contribution in [0.15, 0.2) is 48.5 Å². The molecule has 2 aromatic rings. The van der Waals surface area contributed by atoms with Crippen molar-refractivity contribution >= 4 is 35.6 Å². The summed E-state index contributed by atoms with van der Waals surface area (Å²) in [6.45, 7) is 0.677. The minimum atomic E-state index is -0.421. The van der Waals surface area contributed by atoms with E-state index in [4.69, 9.17) is 5.73 Å². The number of carbonyl (C=O) groups excluding carboxylic acids is 2. The van der Waals surface area contributed by atoms with Crippen LogP contribution in [-0.2, 0) is 4.79 Å². The molecule has 0 saturated heterocycles. The maximum atomic E-state index is 13.2. The molecule has 0 spiro atoms. The number of benzene rings is 2. The molecule has 0 aliphatic carbocycles. The molecule has 27 heavy (non-hydrogen) atoms. The lowest BCUT2D eigenvalue weighted by atomic mass is 10.1. The van der Waals surface area contributed by atoms with E-state index in [2.05, 4.69) is 10.6 Å². The van der Waals surface area contributed by atoms with Gasteiger partial charge in [-0.2, -0.15) is 0 Å². The van der Waals surface area contributed by atoms with E-state index in [9.17, 15) is 14.0 Å². The zero-order valence-corrected chi connectivity index (χ0v) is 15.9. The lowest BCUT2D eigenvalue weighted by Gasteiger charge is -2.09. The summed E-state index contributed by atoms with van der Waals surface area (Å²) in [7, 11) is 0. The Morgan fingerprint density at radius 1 is 0.889 bits per heavy atom. The van der Waals surface area contributed by atoms with Gasteiger partial charge in [0.15, 0.2) is 0 Å². The van der Waals surface area contributed by atoms with E-state index in [0.29, 0.717) is 29.9 Å². The number of unbranched alkanes of at least 4 members (excludes halogenated alkanes) is 3. The molecule has 0 atom stereocenters. The van der Waals surface area contributed by atoms with Gasteiger partial charge in [0.2, 0.25) is 5.91 Å². The molecule has 0 radical (unpaired) electrons.